The number of benzene rings is 1. The number of carbonyl (C=O) groups excluding carboxylic acids is 2. The van der Waals surface area contributed by atoms with Gasteiger partial charge in [0.15, 0.2) is 12.1 Å². The number of nitrogens with zero attached hydrogens (tertiary/aromatic N) is 1. The monoisotopic (exact) mass is 433 g/mol. The summed E-state index contributed by atoms with van der Waals surface area (Å²) in [6.07, 6.45) is 5.73. The molecule has 1 amide bonds. The standard InChI is InChI=1S/C24H38N2O3.C2H6/c1-6-8-15-26(20(5)24(28)29-17-7-2)16-10-9-14-21(26)23(27)25-22-18(3)12-11-13-19(22)4;1-2/h11-13,20-21H,6-10,14-17H2,1-5H3;1-2H3/p+1. The summed E-state index contributed by atoms with van der Waals surface area (Å²) in [6, 6.07) is 5.50. The van der Waals surface area contributed by atoms with E-state index in [1.165, 1.54) is 0 Å². The Kier molecular flexibility index (Phi) is 11.8. The third-order valence-electron chi connectivity index (χ3n) is 6.44. The number of likely N-dealkylation sites (tertiary alicyclic amines) is 1. The second-order valence-corrected chi connectivity index (χ2v) is 8.51. The zero-order valence-corrected chi connectivity index (χ0v) is 20.9. The Hall–Kier alpha value is -1.88. The van der Waals surface area contributed by atoms with E-state index in [0.29, 0.717) is 11.1 Å². The number of nitrogens with one attached hydrogen (secondary N) is 1. The summed E-state index contributed by atoms with van der Waals surface area (Å²) in [5.41, 5.74) is 3.03. The highest BCUT2D eigenvalue weighted by Gasteiger charge is 2.50. The lowest BCUT2D eigenvalue weighted by atomic mass is 9.93. The SMILES string of the molecule is CC.CCCC[N+]1(C(C)C(=O)OCCC)CCCCC1C(=O)Nc1c(C)cccc1C. The molecule has 0 saturated carbocycles. The average Bonchev–Trinajstić information content (AvgIpc) is 2.79. The molecule has 3 atom stereocenters. The van der Waals surface area contributed by atoms with E-state index in [9.17, 15) is 9.59 Å². The molecular formula is C26H45N2O3+. The largest absolute Gasteiger partial charge is 0.461 e. The zero-order chi connectivity index (χ0) is 23.4. The van der Waals surface area contributed by atoms with Crippen LogP contribution in [-0.4, -0.2) is 48.1 Å². The van der Waals surface area contributed by atoms with Gasteiger partial charge in [-0.15, -0.1) is 0 Å². The van der Waals surface area contributed by atoms with E-state index in [4.69, 9.17) is 4.74 Å². The van der Waals surface area contributed by atoms with Gasteiger partial charge in [0.1, 0.15) is 0 Å². The normalized spacial score (nSPS) is 21.5. The quantitative estimate of drug-likeness (QED) is 0.397. The molecule has 1 aromatic rings. The molecule has 0 spiro atoms. The summed E-state index contributed by atoms with van der Waals surface area (Å²) in [6.45, 7) is 16.3. The van der Waals surface area contributed by atoms with Gasteiger partial charge in [-0.1, -0.05) is 52.3 Å². The van der Waals surface area contributed by atoms with Crippen LogP contribution in [0.1, 0.15) is 84.3 Å². The van der Waals surface area contributed by atoms with Crippen molar-refractivity contribution in [2.75, 3.05) is 25.0 Å². The van der Waals surface area contributed by atoms with E-state index in [0.717, 1.165) is 68.4 Å². The van der Waals surface area contributed by atoms with Crippen molar-refractivity contribution in [3.63, 3.8) is 0 Å². The first kappa shape index (κ1) is 27.2. The topological polar surface area (TPSA) is 55.4 Å². The fraction of sp³-hybridized carbons (Fsp3) is 0.692. The molecule has 1 saturated heterocycles. The van der Waals surface area contributed by atoms with Gasteiger partial charge in [0, 0.05) is 12.1 Å². The van der Waals surface area contributed by atoms with E-state index >= 15 is 0 Å². The minimum absolute atomic E-state index is 0.0355. The maximum Gasteiger partial charge on any atom is 0.364 e. The molecule has 2 rings (SSSR count). The fourth-order valence-corrected chi connectivity index (χ4v) is 4.65. The molecule has 1 aliphatic heterocycles. The predicted molar refractivity (Wildman–Crippen MR) is 129 cm³/mol. The molecule has 3 unspecified atom stereocenters. The zero-order valence-electron chi connectivity index (χ0n) is 20.9. The van der Waals surface area contributed by atoms with Crippen molar-refractivity contribution >= 4 is 17.6 Å². The Morgan fingerprint density at radius 1 is 1.13 bits per heavy atom. The van der Waals surface area contributed by atoms with Gasteiger partial charge >= 0.3 is 5.97 Å². The maximum absolute atomic E-state index is 13.5. The Morgan fingerprint density at radius 3 is 2.35 bits per heavy atom. The molecule has 31 heavy (non-hydrogen) atoms. The number of ether oxygens (including phenoxy) is 1. The first-order chi connectivity index (χ1) is 14.9. The molecule has 1 fully saturated rings. The van der Waals surface area contributed by atoms with E-state index in [1.807, 2.05) is 59.7 Å². The van der Waals surface area contributed by atoms with Crippen LogP contribution in [0.3, 0.4) is 0 Å². The molecule has 5 nitrogen and oxygen atoms in total. The minimum Gasteiger partial charge on any atom is -0.461 e. The first-order valence-corrected chi connectivity index (χ1v) is 12.3. The average molecular weight is 434 g/mol. The van der Waals surface area contributed by atoms with Gasteiger partial charge in [0.2, 0.25) is 0 Å². The number of aryl methyl sites for hydroxylation is 2. The van der Waals surface area contributed by atoms with Crippen molar-refractivity contribution in [2.24, 2.45) is 0 Å². The van der Waals surface area contributed by atoms with Crippen LogP contribution in [0, 0.1) is 13.8 Å². The van der Waals surface area contributed by atoms with Crippen molar-refractivity contribution in [1.82, 2.24) is 0 Å². The van der Waals surface area contributed by atoms with Gasteiger partial charge < -0.3 is 14.5 Å². The molecule has 1 N–H and O–H groups in total. The number of piperidine rings is 1. The van der Waals surface area contributed by atoms with Crippen LogP contribution in [0.15, 0.2) is 18.2 Å². The lowest BCUT2D eigenvalue weighted by molar-refractivity contribution is -0.960. The lowest BCUT2D eigenvalue weighted by Gasteiger charge is -2.49. The second-order valence-electron chi connectivity index (χ2n) is 8.51. The first-order valence-electron chi connectivity index (χ1n) is 12.3. The van der Waals surface area contributed by atoms with Crippen molar-refractivity contribution in [3.8, 4) is 0 Å². The second kappa shape index (κ2) is 13.5. The number of amides is 1. The van der Waals surface area contributed by atoms with E-state index in [-0.39, 0.29) is 24.0 Å². The number of unbranched alkanes of at least 4 members (excludes halogenated alkanes) is 1. The predicted octanol–water partition coefficient (Wildman–Crippen LogP) is 5.78. The molecule has 0 aliphatic carbocycles. The van der Waals surface area contributed by atoms with Gasteiger partial charge in [0.25, 0.3) is 5.91 Å². The van der Waals surface area contributed by atoms with Gasteiger partial charge in [0.05, 0.1) is 19.7 Å². The Morgan fingerprint density at radius 2 is 1.77 bits per heavy atom. The van der Waals surface area contributed by atoms with Crippen molar-refractivity contribution in [2.45, 2.75) is 99.1 Å². The highest BCUT2D eigenvalue weighted by Crippen LogP contribution is 2.32. The molecule has 1 aliphatic rings. The maximum atomic E-state index is 13.5. The van der Waals surface area contributed by atoms with Gasteiger partial charge in [-0.2, -0.15) is 0 Å². The Balaban J connectivity index is 0.00000233. The number of hydrogen-bond donors (Lipinski definition) is 1. The van der Waals surface area contributed by atoms with Crippen LogP contribution in [0.4, 0.5) is 5.69 Å². The Bertz CT molecular complexity index is 684. The summed E-state index contributed by atoms with van der Waals surface area (Å²) in [5, 5.41) is 3.21. The molecule has 0 bridgehead atoms. The molecular weight excluding hydrogens is 388 g/mol. The van der Waals surface area contributed by atoms with E-state index in [2.05, 4.69) is 12.2 Å². The van der Waals surface area contributed by atoms with Crippen LogP contribution >= 0.6 is 0 Å². The smallest absolute Gasteiger partial charge is 0.364 e. The number of rotatable bonds is 9. The Labute approximate surface area is 190 Å². The molecule has 176 valence electrons. The summed E-state index contributed by atoms with van der Waals surface area (Å²) in [5.74, 6) is -0.136. The summed E-state index contributed by atoms with van der Waals surface area (Å²) in [7, 11) is 0. The van der Waals surface area contributed by atoms with Crippen molar-refractivity contribution < 1.29 is 18.8 Å². The van der Waals surface area contributed by atoms with E-state index in [1.54, 1.807) is 0 Å². The van der Waals surface area contributed by atoms with Crippen molar-refractivity contribution in [1.29, 1.82) is 0 Å². The van der Waals surface area contributed by atoms with E-state index < -0.39 is 0 Å². The van der Waals surface area contributed by atoms with Crippen LogP contribution in [0.25, 0.3) is 0 Å². The lowest BCUT2D eigenvalue weighted by Crippen LogP contribution is -2.68. The fourth-order valence-electron chi connectivity index (χ4n) is 4.65. The molecule has 0 radical (unpaired) electrons. The van der Waals surface area contributed by atoms with Crippen molar-refractivity contribution in [3.05, 3.63) is 29.3 Å². The summed E-state index contributed by atoms with van der Waals surface area (Å²) in [4.78, 5) is 26.3. The van der Waals surface area contributed by atoms with Gasteiger partial charge in [-0.05, 0) is 57.6 Å². The molecule has 1 aromatic carbocycles. The third-order valence-corrected chi connectivity index (χ3v) is 6.44. The molecule has 5 heteroatoms. The van der Waals surface area contributed by atoms with Crippen LogP contribution < -0.4 is 5.32 Å². The summed E-state index contributed by atoms with van der Waals surface area (Å²) < 4.78 is 6.03. The number of esters is 1. The number of para-hydroxylation sites is 1. The number of carbonyl (C=O) groups is 2. The summed E-state index contributed by atoms with van der Waals surface area (Å²) >= 11 is 0. The van der Waals surface area contributed by atoms with Gasteiger partial charge in [-0.25, -0.2) is 4.79 Å². The van der Waals surface area contributed by atoms with Crippen LogP contribution in [-0.2, 0) is 14.3 Å². The van der Waals surface area contributed by atoms with Gasteiger partial charge in [-0.3, -0.25) is 4.79 Å². The number of quaternary nitrogens is 1. The number of hydrogen-bond acceptors (Lipinski definition) is 3. The van der Waals surface area contributed by atoms with Crippen LogP contribution in [0.2, 0.25) is 0 Å². The molecule has 0 aromatic heterocycles. The minimum atomic E-state index is -0.331. The third kappa shape index (κ3) is 6.80. The number of anilines is 1. The highest BCUT2D eigenvalue weighted by atomic mass is 16.5. The molecule has 1 heterocycles. The highest BCUT2D eigenvalue weighted by molar-refractivity contribution is 5.95. The van der Waals surface area contributed by atoms with Crippen LogP contribution in [0.5, 0.6) is 0 Å².